The average molecular weight is 335 g/mol. The molecule has 1 aromatic rings. The third-order valence-electron chi connectivity index (χ3n) is 5.07. The second-order valence-corrected chi connectivity index (χ2v) is 7.61. The summed E-state index contributed by atoms with van der Waals surface area (Å²) in [5.74, 6) is 1.94. The largest absolute Gasteiger partial charge is 0.476 e. The van der Waals surface area contributed by atoms with E-state index < -0.39 is 5.60 Å². The van der Waals surface area contributed by atoms with Crippen molar-refractivity contribution in [3.8, 4) is 5.88 Å². The van der Waals surface area contributed by atoms with Crippen molar-refractivity contribution < 1.29 is 14.6 Å². The number of anilines is 1. The molecule has 3 heterocycles. The first kappa shape index (κ1) is 17.4. The van der Waals surface area contributed by atoms with E-state index in [2.05, 4.69) is 28.7 Å². The Balaban J connectivity index is 1.76. The number of aliphatic hydroxyl groups is 1. The fourth-order valence-electron chi connectivity index (χ4n) is 3.67. The summed E-state index contributed by atoms with van der Waals surface area (Å²) in [6, 6.07) is 0.231. The van der Waals surface area contributed by atoms with Gasteiger partial charge in [0.25, 0.3) is 0 Å². The fourth-order valence-corrected chi connectivity index (χ4v) is 3.67. The van der Waals surface area contributed by atoms with Crippen LogP contribution in [0.25, 0.3) is 0 Å². The lowest BCUT2D eigenvalue weighted by molar-refractivity contribution is -0.108. The molecule has 0 aliphatic carbocycles. The number of rotatable bonds is 5. The molecule has 2 aliphatic heterocycles. The van der Waals surface area contributed by atoms with Crippen LogP contribution >= 0.6 is 0 Å². The Kier molecular flexibility index (Phi) is 5.25. The maximum absolute atomic E-state index is 10.8. The zero-order valence-corrected chi connectivity index (χ0v) is 14.9. The highest BCUT2D eigenvalue weighted by Crippen LogP contribution is 2.37. The van der Waals surface area contributed by atoms with Gasteiger partial charge in [0.15, 0.2) is 5.82 Å². The van der Waals surface area contributed by atoms with Gasteiger partial charge in [0.1, 0.15) is 0 Å². The molecular formula is C18H29N3O3. The van der Waals surface area contributed by atoms with Crippen LogP contribution in [0.4, 0.5) is 5.82 Å². The summed E-state index contributed by atoms with van der Waals surface area (Å²) in [6.07, 6.45) is 6.28. The van der Waals surface area contributed by atoms with Crippen LogP contribution in [0.1, 0.15) is 40.0 Å². The standard InChI is InChI=1S/C18H29N3O3/c1-13(2)11-24-17-10-19-9-16(20-17)21-7-4-5-15(21)14-12-23-8-6-18(14,3)22/h9-10,13-15,22H,4-8,11-12H2,1-3H3/t14-,15+,18-/m0/s1. The Bertz CT molecular complexity index is 550. The van der Waals surface area contributed by atoms with Crippen molar-refractivity contribution in [3.63, 3.8) is 0 Å². The summed E-state index contributed by atoms with van der Waals surface area (Å²) >= 11 is 0. The second-order valence-electron chi connectivity index (χ2n) is 7.61. The molecular weight excluding hydrogens is 306 g/mol. The van der Waals surface area contributed by atoms with Gasteiger partial charge in [0, 0.05) is 25.1 Å². The molecule has 6 nitrogen and oxygen atoms in total. The molecule has 24 heavy (non-hydrogen) atoms. The predicted octanol–water partition coefficient (Wildman–Crippen LogP) is 2.27. The second kappa shape index (κ2) is 7.23. The highest BCUT2D eigenvalue weighted by molar-refractivity contribution is 5.41. The van der Waals surface area contributed by atoms with Crippen LogP contribution in [0.2, 0.25) is 0 Å². The van der Waals surface area contributed by atoms with Crippen molar-refractivity contribution in [2.75, 3.05) is 31.3 Å². The van der Waals surface area contributed by atoms with Gasteiger partial charge in [-0.25, -0.2) is 0 Å². The molecule has 0 saturated carbocycles. The van der Waals surface area contributed by atoms with E-state index in [0.717, 1.165) is 25.2 Å². The summed E-state index contributed by atoms with van der Waals surface area (Å²) in [5.41, 5.74) is -0.690. The zero-order valence-electron chi connectivity index (χ0n) is 14.9. The predicted molar refractivity (Wildman–Crippen MR) is 92.3 cm³/mol. The lowest BCUT2D eigenvalue weighted by atomic mass is 9.79. The van der Waals surface area contributed by atoms with E-state index in [-0.39, 0.29) is 12.0 Å². The summed E-state index contributed by atoms with van der Waals surface area (Å²) in [6.45, 7) is 8.95. The van der Waals surface area contributed by atoms with Gasteiger partial charge in [-0.1, -0.05) is 13.8 Å². The lowest BCUT2D eigenvalue weighted by Gasteiger charge is -2.43. The maximum Gasteiger partial charge on any atom is 0.234 e. The molecule has 0 radical (unpaired) electrons. The van der Waals surface area contributed by atoms with Crippen LogP contribution in [-0.2, 0) is 4.74 Å². The number of aromatic nitrogens is 2. The van der Waals surface area contributed by atoms with Gasteiger partial charge in [-0.2, -0.15) is 4.98 Å². The smallest absolute Gasteiger partial charge is 0.234 e. The zero-order chi connectivity index (χ0) is 17.2. The molecule has 0 unspecified atom stereocenters. The quantitative estimate of drug-likeness (QED) is 0.890. The van der Waals surface area contributed by atoms with E-state index in [1.807, 2.05) is 6.92 Å². The van der Waals surface area contributed by atoms with Crippen molar-refractivity contribution in [1.82, 2.24) is 9.97 Å². The molecule has 0 bridgehead atoms. The number of hydrogen-bond donors (Lipinski definition) is 1. The molecule has 0 aromatic carbocycles. The van der Waals surface area contributed by atoms with Crippen LogP contribution < -0.4 is 9.64 Å². The minimum atomic E-state index is -0.690. The first-order valence-electron chi connectivity index (χ1n) is 8.99. The summed E-state index contributed by atoms with van der Waals surface area (Å²) in [4.78, 5) is 11.2. The summed E-state index contributed by atoms with van der Waals surface area (Å²) in [7, 11) is 0. The molecule has 6 heteroatoms. The van der Waals surface area contributed by atoms with Gasteiger partial charge in [-0.05, 0) is 32.1 Å². The molecule has 3 atom stereocenters. The third kappa shape index (κ3) is 3.81. The number of ether oxygens (including phenoxy) is 2. The Labute approximate surface area is 144 Å². The SMILES string of the molecule is CC(C)COc1cncc(N2CCC[C@@H]2[C@@H]2COCC[C@]2(C)O)n1. The van der Waals surface area contributed by atoms with Gasteiger partial charge < -0.3 is 19.5 Å². The number of hydrogen-bond acceptors (Lipinski definition) is 6. The monoisotopic (exact) mass is 335 g/mol. The first-order valence-corrected chi connectivity index (χ1v) is 8.99. The van der Waals surface area contributed by atoms with E-state index in [1.54, 1.807) is 12.4 Å². The number of nitrogens with zero attached hydrogens (tertiary/aromatic N) is 3. The van der Waals surface area contributed by atoms with Crippen LogP contribution in [0.3, 0.4) is 0 Å². The minimum absolute atomic E-state index is 0.0933. The van der Waals surface area contributed by atoms with Crippen molar-refractivity contribution in [3.05, 3.63) is 12.4 Å². The summed E-state index contributed by atoms with van der Waals surface area (Å²) < 4.78 is 11.4. The van der Waals surface area contributed by atoms with Gasteiger partial charge in [-0.15, -0.1) is 0 Å². The fraction of sp³-hybridized carbons (Fsp3) is 0.778. The van der Waals surface area contributed by atoms with E-state index in [9.17, 15) is 5.11 Å². The van der Waals surface area contributed by atoms with Crippen LogP contribution in [-0.4, -0.2) is 53.1 Å². The first-order chi connectivity index (χ1) is 11.5. The average Bonchev–Trinajstić information content (AvgIpc) is 3.02. The molecule has 3 rings (SSSR count). The van der Waals surface area contributed by atoms with E-state index in [1.165, 1.54) is 0 Å². The maximum atomic E-state index is 10.8. The van der Waals surface area contributed by atoms with Crippen molar-refractivity contribution in [2.24, 2.45) is 11.8 Å². The van der Waals surface area contributed by atoms with E-state index >= 15 is 0 Å². The highest BCUT2D eigenvalue weighted by atomic mass is 16.5. The Morgan fingerprint density at radius 2 is 2.29 bits per heavy atom. The lowest BCUT2D eigenvalue weighted by Crippen LogP contribution is -2.52. The molecule has 1 aromatic heterocycles. The molecule has 0 spiro atoms. The Hall–Kier alpha value is -1.40. The van der Waals surface area contributed by atoms with E-state index in [4.69, 9.17) is 9.47 Å². The Morgan fingerprint density at radius 3 is 3.04 bits per heavy atom. The van der Waals surface area contributed by atoms with Gasteiger partial charge in [0.2, 0.25) is 5.88 Å². The molecule has 2 saturated heterocycles. The van der Waals surface area contributed by atoms with Gasteiger partial charge >= 0.3 is 0 Å². The Morgan fingerprint density at radius 1 is 1.46 bits per heavy atom. The van der Waals surface area contributed by atoms with E-state index in [0.29, 0.717) is 38.0 Å². The van der Waals surface area contributed by atoms with Crippen LogP contribution in [0.15, 0.2) is 12.4 Å². The third-order valence-corrected chi connectivity index (χ3v) is 5.07. The van der Waals surface area contributed by atoms with Crippen LogP contribution in [0, 0.1) is 11.8 Å². The normalized spacial score (nSPS) is 30.8. The highest BCUT2D eigenvalue weighted by Gasteiger charge is 2.44. The topological polar surface area (TPSA) is 67.7 Å². The van der Waals surface area contributed by atoms with Crippen molar-refractivity contribution in [1.29, 1.82) is 0 Å². The van der Waals surface area contributed by atoms with Crippen molar-refractivity contribution in [2.45, 2.75) is 51.7 Å². The van der Waals surface area contributed by atoms with Crippen LogP contribution in [0.5, 0.6) is 5.88 Å². The molecule has 1 N–H and O–H groups in total. The molecule has 2 aliphatic rings. The van der Waals surface area contributed by atoms with Gasteiger partial charge in [-0.3, -0.25) is 4.98 Å². The van der Waals surface area contributed by atoms with Crippen molar-refractivity contribution >= 4 is 5.82 Å². The molecule has 134 valence electrons. The minimum Gasteiger partial charge on any atom is -0.476 e. The molecule has 0 amide bonds. The molecule has 2 fully saturated rings. The van der Waals surface area contributed by atoms with Gasteiger partial charge in [0.05, 0.1) is 31.2 Å². The summed E-state index contributed by atoms with van der Waals surface area (Å²) in [5, 5.41) is 10.8.